The Kier molecular flexibility index (Phi) is 8.83. The van der Waals surface area contributed by atoms with Crippen LogP contribution in [0, 0.1) is 0 Å². The fraction of sp³-hybridized carbons (Fsp3) is 0. The van der Waals surface area contributed by atoms with Gasteiger partial charge in [-0.3, -0.25) is 4.98 Å². The molecule has 2 heterocycles. The monoisotopic (exact) mass is 470 g/mol. The van der Waals surface area contributed by atoms with Gasteiger partial charge in [0.1, 0.15) is 0 Å². The zero-order valence-electron chi connectivity index (χ0n) is 17.1. The molecule has 0 saturated carbocycles. The molecule has 0 bridgehead atoms. The Morgan fingerprint density at radius 2 is 1.32 bits per heavy atom. The van der Waals surface area contributed by atoms with Gasteiger partial charge in [0, 0.05) is 23.2 Å². The summed E-state index contributed by atoms with van der Waals surface area (Å²) in [6, 6.07) is 13.2. The summed E-state index contributed by atoms with van der Waals surface area (Å²) < 4.78 is 0. The van der Waals surface area contributed by atoms with Crippen molar-refractivity contribution in [1.29, 1.82) is 0 Å². The van der Waals surface area contributed by atoms with Gasteiger partial charge in [0.05, 0.1) is 33.6 Å². The van der Waals surface area contributed by atoms with Crippen molar-refractivity contribution in [2.75, 3.05) is 0 Å². The first-order chi connectivity index (χ1) is 15.2. The van der Waals surface area contributed by atoms with Crippen LogP contribution in [0.1, 0.15) is 41.4 Å². The van der Waals surface area contributed by atoms with Gasteiger partial charge in [-0.25, -0.2) is 19.4 Å². The van der Waals surface area contributed by atoms with E-state index >= 15 is 0 Å². The van der Waals surface area contributed by atoms with E-state index in [0.29, 0.717) is 12.1 Å². The summed E-state index contributed by atoms with van der Waals surface area (Å²) in [7, 11) is 0. The minimum atomic E-state index is -1.91. The third-order valence-electron chi connectivity index (χ3n) is 4.49. The average Bonchev–Trinajstić information content (AvgIpc) is 2.78. The maximum absolute atomic E-state index is 10.8. The number of nitrogens with one attached hydrogen (secondary N) is 1. The molecule has 34 heavy (non-hydrogen) atoms. The largest absolute Gasteiger partial charge is 0.545 e. The number of H-pyrrole nitrogens is 1. The number of hydrogen-bond donors (Lipinski definition) is 3. The highest BCUT2D eigenvalue weighted by Crippen LogP contribution is 2.19. The summed E-state index contributed by atoms with van der Waals surface area (Å²) in [4.78, 5) is 50.5. The predicted octanol–water partition coefficient (Wildman–Crippen LogP) is -0.303. The van der Waals surface area contributed by atoms with Gasteiger partial charge in [-0.05, 0) is 42.5 Å². The van der Waals surface area contributed by atoms with Crippen LogP contribution >= 0.6 is 0 Å². The maximum atomic E-state index is 10.8. The lowest BCUT2D eigenvalue weighted by Gasteiger charge is -2.10. The number of aromatic carboxylic acids is 4. The van der Waals surface area contributed by atoms with Gasteiger partial charge in [-0.2, -0.15) is 0 Å². The summed E-state index contributed by atoms with van der Waals surface area (Å²) in [6.45, 7) is 0. The van der Waals surface area contributed by atoms with Crippen LogP contribution in [0.4, 0.5) is 0 Å². The Morgan fingerprint density at radius 1 is 0.765 bits per heavy atom. The van der Waals surface area contributed by atoms with E-state index in [1.54, 1.807) is 0 Å². The first-order valence-corrected chi connectivity index (χ1v) is 8.94. The summed E-state index contributed by atoms with van der Waals surface area (Å²) in [5, 5.41) is 39.2. The molecule has 8 N–H and O–H groups in total. The molecule has 0 spiro atoms. The molecule has 0 aliphatic heterocycles. The molecule has 0 fully saturated rings. The molecule has 0 unspecified atom stereocenters. The van der Waals surface area contributed by atoms with Crippen molar-refractivity contribution in [3.05, 3.63) is 83.2 Å². The van der Waals surface area contributed by atoms with E-state index in [-0.39, 0.29) is 11.0 Å². The number of carbonyl (C=O) groups is 4. The van der Waals surface area contributed by atoms with Crippen LogP contribution in [0.3, 0.4) is 0 Å². The summed E-state index contributed by atoms with van der Waals surface area (Å²) in [6.07, 6.45) is 3.76. The zero-order chi connectivity index (χ0) is 23.4. The van der Waals surface area contributed by atoms with Crippen LogP contribution in [0.2, 0.25) is 0 Å². The highest BCUT2D eigenvalue weighted by Gasteiger charge is 2.22. The molecule has 0 saturated heterocycles. The molecule has 12 heteroatoms. The molecular weight excluding hydrogens is 452 g/mol. The van der Waals surface area contributed by atoms with E-state index in [4.69, 9.17) is 15.3 Å². The van der Waals surface area contributed by atoms with E-state index in [1.165, 1.54) is 10.8 Å². The second kappa shape index (κ2) is 11.1. The van der Waals surface area contributed by atoms with E-state index in [0.717, 1.165) is 11.0 Å². The SMILES string of the molecule is O.O.O=C([O-])c1cc(C(=O)O)c(C(=O)O)cc1C(=O)O.c1c[nH+]c2c(c1)ccc1ncccc12. The molecule has 4 rings (SSSR count). The van der Waals surface area contributed by atoms with Crippen LogP contribution in [0.5, 0.6) is 0 Å². The molecule has 12 nitrogen and oxygen atoms in total. The van der Waals surface area contributed by atoms with Gasteiger partial charge in [0.15, 0.2) is 6.20 Å². The first kappa shape index (κ1) is 27.1. The van der Waals surface area contributed by atoms with Crippen molar-refractivity contribution < 1.29 is 55.5 Å². The molecule has 4 aromatic rings. The normalized spacial score (nSPS) is 9.65. The van der Waals surface area contributed by atoms with Crippen molar-refractivity contribution in [3.63, 3.8) is 0 Å². The Morgan fingerprint density at radius 3 is 1.88 bits per heavy atom. The van der Waals surface area contributed by atoms with Crippen molar-refractivity contribution in [1.82, 2.24) is 4.98 Å². The second-order valence-electron chi connectivity index (χ2n) is 6.42. The number of benzene rings is 2. The summed E-state index contributed by atoms with van der Waals surface area (Å²) in [5.74, 6) is -6.98. The van der Waals surface area contributed by atoms with Gasteiger partial charge in [-0.1, -0.05) is 0 Å². The topological polar surface area (TPSA) is 242 Å². The van der Waals surface area contributed by atoms with E-state index < -0.39 is 46.1 Å². The molecule has 176 valence electrons. The number of carboxylic acid groups (broad SMARTS) is 4. The molecule has 2 aromatic carbocycles. The lowest BCUT2D eigenvalue weighted by atomic mass is 9.98. The fourth-order valence-electron chi connectivity index (χ4n) is 3.05. The van der Waals surface area contributed by atoms with Gasteiger partial charge in [-0.15, -0.1) is 0 Å². The van der Waals surface area contributed by atoms with Crippen LogP contribution in [-0.4, -0.2) is 55.1 Å². The molecule has 0 atom stereocenters. The molecule has 0 radical (unpaired) electrons. The smallest absolute Gasteiger partial charge is 0.336 e. The number of aromatic nitrogens is 2. The number of aromatic amines is 1. The lowest BCUT2D eigenvalue weighted by molar-refractivity contribution is -0.343. The van der Waals surface area contributed by atoms with Gasteiger partial charge in [0.25, 0.3) is 0 Å². The van der Waals surface area contributed by atoms with Crippen LogP contribution < -0.4 is 10.1 Å². The number of rotatable bonds is 4. The number of carbonyl (C=O) groups excluding carboxylic acids is 1. The van der Waals surface area contributed by atoms with E-state index in [9.17, 15) is 24.3 Å². The Hall–Kier alpha value is -4.94. The molecule has 2 aromatic heterocycles. The number of nitrogens with zero attached hydrogens (tertiary/aromatic N) is 1. The predicted molar refractivity (Wildman–Crippen MR) is 115 cm³/mol. The van der Waals surface area contributed by atoms with Crippen LogP contribution in [0.15, 0.2) is 60.9 Å². The van der Waals surface area contributed by atoms with Crippen LogP contribution in [-0.2, 0) is 0 Å². The average molecular weight is 470 g/mol. The Balaban J connectivity index is 0.000000327. The number of carboxylic acids is 4. The minimum Gasteiger partial charge on any atom is -0.545 e. The lowest BCUT2D eigenvalue weighted by Crippen LogP contribution is -2.26. The van der Waals surface area contributed by atoms with Gasteiger partial charge >= 0.3 is 17.9 Å². The maximum Gasteiger partial charge on any atom is 0.336 e. The van der Waals surface area contributed by atoms with Crippen molar-refractivity contribution in [3.8, 4) is 0 Å². The van der Waals surface area contributed by atoms with Crippen molar-refractivity contribution in [2.24, 2.45) is 0 Å². The molecular formula is C22H18N2O10. The van der Waals surface area contributed by atoms with Crippen LogP contribution in [0.25, 0.3) is 21.8 Å². The minimum absolute atomic E-state index is 0. The van der Waals surface area contributed by atoms with E-state index in [2.05, 4.69) is 28.2 Å². The van der Waals surface area contributed by atoms with Gasteiger partial charge < -0.3 is 36.2 Å². The standard InChI is InChI=1S/C12H8N2.C10H6O8.2H2O/c1-3-9-5-6-11-10(4-2-7-13-11)12(9)14-8-1;11-7(12)3-1-4(8(13)14)6(10(17)18)2-5(3)9(15)16;;/h1-8H;1-2H,(H,11,12)(H,13,14)(H,15,16)(H,17,18);2*1H2. The molecule has 0 amide bonds. The summed E-state index contributed by atoms with van der Waals surface area (Å²) in [5.41, 5.74) is -1.21. The third kappa shape index (κ3) is 5.45. The van der Waals surface area contributed by atoms with Crippen molar-refractivity contribution >= 4 is 45.7 Å². The highest BCUT2D eigenvalue weighted by atomic mass is 16.4. The van der Waals surface area contributed by atoms with Crippen molar-refractivity contribution in [2.45, 2.75) is 0 Å². The highest BCUT2D eigenvalue weighted by molar-refractivity contribution is 6.08. The number of hydrogen-bond acceptors (Lipinski definition) is 6. The Bertz CT molecular complexity index is 1250. The number of fused-ring (bicyclic) bond motifs is 3. The first-order valence-electron chi connectivity index (χ1n) is 8.94. The molecule has 0 aliphatic rings. The molecule has 0 aliphatic carbocycles. The second-order valence-corrected chi connectivity index (χ2v) is 6.42. The quantitative estimate of drug-likeness (QED) is 0.331. The number of pyridine rings is 2. The van der Waals surface area contributed by atoms with Gasteiger partial charge in [0.2, 0.25) is 5.52 Å². The summed E-state index contributed by atoms with van der Waals surface area (Å²) >= 11 is 0. The fourth-order valence-corrected chi connectivity index (χ4v) is 3.05. The zero-order valence-corrected chi connectivity index (χ0v) is 17.1. The van der Waals surface area contributed by atoms with E-state index in [1.807, 2.05) is 30.6 Å². The Labute approximate surface area is 190 Å². The third-order valence-corrected chi connectivity index (χ3v) is 4.49.